The quantitative estimate of drug-likeness (QED) is 0.0837. The highest BCUT2D eigenvalue weighted by Crippen LogP contribution is 2.33. The maximum Gasteiger partial charge on any atom is 0.286 e. The van der Waals surface area contributed by atoms with Gasteiger partial charge in [0.2, 0.25) is 47.2 Å². The lowest BCUT2D eigenvalue weighted by Gasteiger charge is -2.24. The van der Waals surface area contributed by atoms with Crippen molar-refractivity contribution in [2.75, 3.05) is 0 Å². The fourth-order valence-electron chi connectivity index (χ4n) is 2.82. The molecule has 0 bridgehead atoms. The number of nitrogens with zero attached hydrogens (tertiary/aromatic N) is 1. The lowest BCUT2D eigenvalue weighted by atomic mass is 9.95. The molecule has 0 atom stereocenters. The monoisotopic (exact) mass is 443 g/mol. The van der Waals surface area contributed by atoms with Crippen molar-refractivity contribution >= 4 is 34.9 Å². The van der Waals surface area contributed by atoms with Crippen molar-refractivity contribution in [3.8, 4) is 5.75 Å². The Kier molecular flexibility index (Phi) is 5.05. The van der Waals surface area contributed by atoms with Crippen LogP contribution < -0.4 is 4.89 Å². The molecule has 12 heteroatoms. The highest BCUT2D eigenvalue weighted by molar-refractivity contribution is 7.89. The van der Waals surface area contributed by atoms with Crippen LogP contribution in [0.5, 0.6) is 5.75 Å². The number of hydroxylamine groups is 2. The van der Waals surface area contributed by atoms with Crippen LogP contribution in [0.4, 0.5) is 22.0 Å². The zero-order valence-electron chi connectivity index (χ0n) is 14.3. The van der Waals surface area contributed by atoms with E-state index in [2.05, 4.69) is 9.22 Å². The lowest BCUT2D eigenvalue weighted by molar-refractivity contribution is -0.107. The van der Waals surface area contributed by atoms with Gasteiger partial charge in [-0.25, -0.2) is 13.2 Å². The average molecular weight is 443 g/mol. The van der Waals surface area contributed by atoms with Crippen LogP contribution in [0, 0.1) is 29.1 Å². The summed E-state index contributed by atoms with van der Waals surface area (Å²) in [7, 11) is 0. The molecule has 2 amide bonds. The number of carbonyl (C=O) groups excluding carboxylic acids is 2. The van der Waals surface area contributed by atoms with Gasteiger partial charge < -0.3 is 4.89 Å². The third-order valence-corrected chi connectivity index (χ3v) is 4.49. The van der Waals surface area contributed by atoms with Crippen LogP contribution in [-0.4, -0.2) is 16.9 Å². The minimum absolute atomic E-state index is 0.143. The van der Waals surface area contributed by atoms with Crippen LogP contribution in [0.25, 0.3) is 10.8 Å². The Morgan fingerprint density at radius 1 is 0.733 bits per heavy atom. The van der Waals surface area contributed by atoms with Gasteiger partial charge >= 0.3 is 0 Å². The topological polar surface area (TPSA) is 65.1 Å². The van der Waals surface area contributed by atoms with E-state index in [9.17, 15) is 31.5 Å². The largest absolute Gasteiger partial charge is 0.317 e. The summed E-state index contributed by atoms with van der Waals surface area (Å²) in [6.07, 6.45) is 0. The first-order valence-corrected chi connectivity index (χ1v) is 8.59. The summed E-state index contributed by atoms with van der Waals surface area (Å²) in [5.41, 5.74) is 0.285. The van der Waals surface area contributed by atoms with Crippen molar-refractivity contribution in [1.29, 1.82) is 0 Å². The molecule has 0 radical (unpaired) electrons. The lowest BCUT2D eigenvalue weighted by Crippen LogP contribution is -2.38. The number of rotatable bonds is 5. The fourth-order valence-corrected chi connectivity index (χ4v) is 3.14. The predicted octanol–water partition coefficient (Wildman–Crippen LogP) is 4.64. The van der Waals surface area contributed by atoms with Gasteiger partial charge in [-0.1, -0.05) is 28.6 Å². The van der Waals surface area contributed by atoms with Gasteiger partial charge in [0.25, 0.3) is 11.8 Å². The molecule has 6 nitrogen and oxygen atoms in total. The maximum atomic E-state index is 13.5. The van der Waals surface area contributed by atoms with Crippen molar-refractivity contribution in [2.45, 2.75) is 0 Å². The summed E-state index contributed by atoms with van der Waals surface area (Å²) in [6.45, 7) is 0. The second-order valence-electron chi connectivity index (χ2n) is 5.81. The highest BCUT2D eigenvalue weighted by atomic mass is 32.2. The van der Waals surface area contributed by atoms with E-state index in [1.165, 1.54) is 12.1 Å². The average Bonchev–Trinajstić information content (AvgIpc) is 2.76. The molecule has 0 saturated carbocycles. The van der Waals surface area contributed by atoms with E-state index in [0.29, 0.717) is 15.8 Å². The molecule has 0 unspecified atom stereocenters. The molecule has 3 aromatic rings. The number of hydrogen-bond donors (Lipinski definition) is 0. The van der Waals surface area contributed by atoms with Gasteiger partial charge in [-0.2, -0.15) is 13.1 Å². The summed E-state index contributed by atoms with van der Waals surface area (Å²) in [4.78, 5) is 29.1. The van der Waals surface area contributed by atoms with E-state index < -0.39 is 46.6 Å². The molecular weight excluding hydrogens is 437 g/mol. The van der Waals surface area contributed by atoms with Crippen molar-refractivity contribution in [3.63, 3.8) is 0 Å². The van der Waals surface area contributed by atoms with Crippen LogP contribution in [-0.2, 0) is 8.62 Å². The first-order chi connectivity index (χ1) is 14.3. The minimum atomic E-state index is -2.38. The zero-order chi connectivity index (χ0) is 21.6. The fraction of sp³-hybridized carbons (Fsp3) is 0. The molecular formula is C18H6F5NO5S. The van der Waals surface area contributed by atoms with Crippen molar-refractivity contribution in [1.82, 2.24) is 5.06 Å². The molecule has 30 heavy (non-hydrogen) atoms. The molecule has 1 aliphatic rings. The number of amides is 2. The summed E-state index contributed by atoms with van der Waals surface area (Å²) in [5, 5.41) is 1.35. The Hall–Kier alpha value is -3.22. The van der Waals surface area contributed by atoms with Crippen LogP contribution in [0.1, 0.15) is 20.7 Å². The Labute approximate surface area is 168 Å². The molecule has 4 rings (SSSR count). The molecule has 0 aliphatic carbocycles. The first kappa shape index (κ1) is 20.1. The molecule has 154 valence electrons. The smallest absolute Gasteiger partial charge is 0.286 e. The molecule has 0 saturated heterocycles. The predicted molar refractivity (Wildman–Crippen MR) is 91.1 cm³/mol. The SMILES string of the molecule is O=C1c2cccc3cccc(c23)C(=O)N1OSOOc1c(F)c(F)c(F)c(F)c1F. The number of hydrogen-bond acceptors (Lipinski definition) is 6. The van der Waals surface area contributed by atoms with E-state index in [4.69, 9.17) is 4.28 Å². The van der Waals surface area contributed by atoms with Gasteiger partial charge in [0.15, 0.2) is 0 Å². The van der Waals surface area contributed by atoms with Crippen molar-refractivity contribution in [3.05, 3.63) is 76.6 Å². The van der Waals surface area contributed by atoms with Crippen LogP contribution in [0.2, 0.25) is 0 Å². The Morgan fingerprint density at radius 3 is 1.77 bits per heavy atom. The second kappa shape index (κ2) is 7.55. The summed E-state index contributed by atoms with van der Waals surface area (Å²) in [6, 6.07) is 9.48. The van der Waals surface area contributed by atoms with Gasteiger partial charge in [0, 0.05) is 5.39 Å². The van der Waals surface area contributed by atoms with Gasteiger partial charge in [0.05, 0.1) is 11.1 Å². The van der Waals surface area contributed by atoms with E-state index in [-0.39, 0.29) is 23.5 Å². The highest BCUT2D eigenvalue weighted by Gasteiger charge is 2.35. The summed E-state index contributed by atoms with van der Waals surface area (Å²) in [5.74, 6) is -14.9. The molecule has 0 spiro atoms. The number of carbonyl (C=O) groups is 2. The van der Waals surface area contributed by atoms with Crippen LogP contribution in [0.15, 0.2) is 36.4 Å². The summed E-state index contributed by atoms with van der Waals surface area (Å²) < 4.78 is 75.2. The standard InChI is InChI=1S/C18H6F5NO5S/c19-11-12(20)14(22)16(15(23)13(11)21)27-29-30-28-24-17(25)8-5-1-3-7-4-2-6-9(10(7)8)18(24)26/h1-6H. The van der Waals surface area contributed by atoms with Gasteiger partial charge in [-0.05, 0) is 17.5 Å². The Balaban J connectivity index is 1.50. The molecule has 1 aliphatic heterocycles. The van der Waals surface area contributed by atoms with E-state index in [0.717, 1.165) is 0 Å². The zero-order valence-corrected chi connectivity index (χ0v) is 15.1. The van der Waals surface area contributed by atoms with Crippen molar-refractivity contribution in [2.24, 2.45) is 0 Å². The normalized spacial score (nSPS) is 13.3. The van der Waals surface area contributed by atoms with Gasteiger partial charge in [-0.15, -0.1) is 5.06 Å². The van der Waals surface area contributed by atoms with Crippen LogP contribution in [0.3, 0.4) is 0 Å². The third-order valence-electron chi connectivity index (χ3n) is 4.15. The molecule has 3 aromatic carbocycles. The molecule has 0 fully saturated rings. The van der Waals surface area contributed by atoms with E-state index >= 15 is 0 Å². The van der Waals surface area contributed by atoms with E-state index in [1.807, 2.05) is 0 Å². The minimum Gasteiger partial charge on any atom is -0.317 e. The molecule has 0 N–H and O–H groups in total. The molecule has 1 heterocycles. The number of imide groups is 1. The van der Waals surface area contributed by atoms with Gasteiger partial charge in [-0.3, -0.25) is 9.59 Å². The Morgan fingerprint density at radius 2 is 1.23 bits per heavy atom. The third kappa shape index (κ3) is 3.05. The number of benzene rings is 3. The Bertz CT molecular complexity index is 1140. The van der Waals surface area contributed by atoms with Crippen LogP contribution >= 0.6 is 12.3 Å². The second-order valence-corrected chi connectivity index (χ2v) is 6.23. The van der Waals surface area contributed by atoms with Crippen molar-refractivity contribution < 1.29 is 45.0 Å². The molecule has 0 aromatic heterocycles. The van der Waals surface area contributed by atoms with E-state index in [1.54, 1.807) is 24.3 Å². The first-order valence-electron chi connectivity index (χ1n) is 7.93. The summed E-state index contributed by atoms with van der Waals surface area (Å²) >= 11 is -0.250. The maximum absolute atomic E-state index is 13.5. The number of halogens is 5. The van der Waals surface area contributed by atoms with Gasteiger partial charge in [0.1, 0.15) is 0 Å².